The maximum atomic E-state index is 13.2. The molecule has 0 aliphatic carbocycles. The fourth-order valence-electron chi connectivity index (χ4n) is 4.29. The van der Waals surface area contributed by atoms with Crippen LogP contribution in [0, 0.1) is 0 Å². The SMILES string of the molecule is CCCCCN1C(=O)c2cccc3c(NC(=S)Nc4cc(C(F)(F)F)cc(C(F)(F)F)c4)ccc(c23)C1=O. The van der Waals surface area contributed by atoms with E-state index in [0.29, 0.717) is 46.1 Å². The van der Waals surface area contributed by atoms with E-state index < -0.39 is 41.0 Å². The molecule has 0 spiro atoms. The number of rotatable bonds is 6. The molecule has 3 aromatic rings. The van der Waals surface area contributed by atoms with Crippen LogP contribution in [0.2, 0.25) is 0 Å². The van der Waals surface area contributed by atoms with Crippen molar-refractivity contribution in [2.45, 2.75) is 38.5 Å². The molecule has 1 aliphatic heterocycles. The van der Waals surface area contributed by atoms with E-state index in [4.69, 9.17) is 12.2 Å². The van der Waals surface area contributed by atoms with Crippen molar-refractivity contribution in [2.24, 2.45) is 0 Å². The van der Waals surface area contributed by atoms with E-state index in [0.717, 1.165) is 12.8 Å². The highest BCUT2D eigenvalue weighted by atomic mass is 32.1. The number of imide groups is 1. The average Bonchev–Trinajstić information content (AvgIpc) is 2.84. The minimum atomic E-state index is -5.01. The first-order chi connectivity index (χ1) is 17.8. The summed E-state index contributed by atoms with van der Waals surface area (Å²) < 4.78 is 79.1. The fraction of sp³-hybridized carbons (Fsp3) is 0.269. The van der Waals surface area contributed by atoms with Gasteiger partial charge in [0.15, 0.2) is 5.11 Å². The predicted octanol–water partition coefficient (Wildman–Crippen LogP) is 7.47. The molecule has 38 heavy (non-hydrogen) atoms. The Morgan fingerprint density at radius 1 is 0.842 bits per heavy atom. The molecule has 0 bridgehead atoms. The zero-order chi connectivity index (χ0) is 27.8. The lowest BCUT2D eigenvalue weighted by atomic mass is 9.93. The monoisotopic (exact) mass is 553 g/mol. The van der Waals surface area contributed by atoms with Gasteiger partial charge in [-0.2, -0.15) is 26.3 Å². The van der Waals surface area contributed by atoms with E-state index in [9.17, 15) is 35.9 Å². The number of benzene rings is 3. The van der Waals surface area contributed by atoms with E-state index in [1.807, 2.05) is 6.92 Å². The molecule has 0 fully saturated rings. The molecule has 0 saturated heterocycles. The highest BCUT2D eigenvalue weighted by Crippen LogP contribution is 2.38. The Morgan fingerprint density at radius 2 is 1.45 bits per heavy atom. The largest absolute Gasteiger partial charge is 0.416 e. The molecule has 12 heteroatoms. The van der Waals surface area contributed by atoms with Crippen LogP contribution in [0.25, 0.3) is 10.8 Å². The van der Waals surface area contributed by atoms with E-state index >= 15 is 0 Å². The maximum absolute atomic E-state index is 13.2. The Balaban J connectivity index is 1.64. The predicted molar refractivity (Wildman–Crippen MR) is 135 cm³/mol. The van der Waals surface area contributed by atoms with Gasteiger partial charge in [0.25, 0.3) is 11.8 Å². The number of hydrogen-bond acceptors (Lipinski definition) is 3. The Kier molecular flexibility index (Phi) is 7.37. The summed E-state index contributed by atoms with van der Waals surface area (Å²) in [4.78, 5) is 27.3. The molecule has 0 radical (unpaired) electrons. The molecule has 2 N–H and O–H groups in total. The van der Waals surface area contributed by atoms with Crippen LogP contribution in [0.4, 0.5) is 37.7 Å². The number of anilines is 2. The van der Waals surface area contributed by atoms with Crippen molar-refractivity contribution in [1.82, 2.24) is 4.90 Å². The molecular weight excluding hydrogens is 532 g/mol. The van der Waals surface area contributed by atoms with Crippen LogP contribution in [-0.4, -0.2) is 28.4 Å². The highest BCUT2D eigenvalue weighted by molar-refractivity contribution is 7.80. The van der Waals surface area contributed by atoms with Crippen molar-refractivity contribution in [1.29, 1.82) is 0 Å². The Labute approximate surface area is 218 Å². The second kappa shape index (κ2) is 10.2. The van der Waals surface area contributed by atoms with Gasteiger partial charge >= 0.3 is 12.4 Å². The standard InChI is InChI=1S/C26H21F6N3O2S/c1-2-3-4-10-35-22(36)18-7-5-6-17-20(9-8-19(21(17)18)23(35)37)34-24(38)33-16-12-14(25(27,28)29)11-15(13-16)26(30,31)32/h5-9,11-13H,2-4,10H2,1H3,(H2,33,34,38). The Hall–Kier alpha value is -3.67. The average molecular weight is 554 g/mol. The van der Waals surface area contributed by atoms with Crippen LogP contribution in [0.5, 0.6) is 0 Å². The number of carbonyl (C=O) groups is 2. The number of halogens is 6. The smallest absolute Gasteiger partial charge is 0.332 e. The van der Waals surface area contributed by atoms with Crippen molar-refractivity contribution in [3.8, 4) is 0 Å². The summed E-state index contributed by atoms with van der Waals surface area (Å²) in [5, 5.41) is 5.67. The van der Waals surface area contributed by atoms with Crippen molar-refractivity contribution in [3.63, 3.8) is 0 Å². The molecule has 2 amide bonds. The first-order valence-electron chi connectivity index (χ1n) is 11.6. The zero-order valence-electron chi connectivity index (χ0n) is 19.9. The van der Waals surface area contributed by atoms with Crippen LogP contribution in [0.1, 0.15) is 58.0 Å². The van der Waals surface area contributed by atoms with Gasteiger partial charge < -0.3 is 10.6 Å². The Bertz CT molecular complexity index is 1380. The third kappa shape index (κ3) is 5.45. The van der Waals surface area contributed by atoms with E-state index in [-0.39, 0.29) is 17.7 Å². The lowest BCUT2D eigenvalue weighted by molar-refractivity contribution is -0.143. The second-order valence-electron chi connectivity index (χ2n) is 8.73. The quantitative estimate of drug-likeness (QED) is 0.144. The van der Waals surface area contributed by atoms with Gasteiger partial charge in [0.2, 0.25) is 0 Å². The van der Waals surface area contributed by atoms with Crippen LogP contribution in [-0.2, 0) is 12.4 Å². The molecule has 0 saturated carbocycles. The molecule has 200 valence electrons. The van der Waals surface area contributed by atoms with Gasteiger partial charge in [-0.3, -0.25) is 14.5 Å². The van der Waals surface area contributed by atoms with Crippen molar-refractivity contribution in [3.05, 3.63) is 70.8 Å². The van der Waals surface area contributed by atoms with Crippen molar-refractivity contribution >= 4 is 51.3 Å². The highest BCUT2D eigenvalue weighted by Gasteiger charge is 2.37. The molecule has 0 atom stereocenters. The number of nitrogens with one attached hydrogen (secondary N) is 2. The van der Waals surface area contributed by atoms with Gasteiger partial charge in [-0.15, -0.1) is 0 Å². The van der Waals surface area contributed by atoms with Crippen LogP contribution < -0.4 is 10.6 Å². The number of nitrogens with zero attached hydrogens (tertiary/aromatic N) is 1. The molecule has 1 heterocycles. The van der Waals surface area contributed by atoms with Gasteiger partial charge in [0.05, 0.1) is 11.1 Å². The summed E-state index contributed by atoms with van der Waals surface area (Å²) in [6.07, 6.45) is -7.57. The number of amides is 2. The van der Waals surface area contributed by atoms with E-state index in [2.05, 4.69) is 10.6 Å². The summed E-state index contributed by atoms with van der Waals surface area (Å²) >= 11 is 5.16. The first-order valence-corrected chi connectivity index (χ1v) is 12.0. The zero-order valence-corrected chi connectivity index (χ0v) is 20.7. The summed E-state index contributed by atoms with van der Waals surface area (Å²) in [7, 11) is 0. The van der Waals surface area contributed by atoms with Crippen molar-refractivity contribution < 1.29 is 35.9 Å². The molecule has 0 unspecified atom stereocenters. The fourth-order valence-corrected chi connectivity index (χ4v) is 4.52. The maximum Gasteiger partial charge on any atom is 0.416 e. The normalized spacial score (nSPS) is 13.7. The van der Waals surface area contributed by atoms with Gasteiger partial charge in [0, 0.05) is 39.8 Å². The summed E-state index contributed by atoms with van der Waals surface area (Å²) in [5.74, 6) is -0.878. The van der Waals surface area contributed by atoms with Crippen LogP contribution >= 0.6 is 12.2 Å². The molecule has 5 nitrogen and oxygen atoms in total. The van der Waals surface area contributed by atoms with E-state index in [1.54, 1.807) is 18.2 Å². The van der Waals surface area contributed by atoms with Gasteiger partial charge in [-0.05, 0) is 55.0 Å². The number of alkyl halides is 6. The van der Waals surface area contributed by atoms with Crippen molar-refractivity contribution in [2.75, 3.05) is 17.2 Å². The van der Waals surface area contributed by atoms with Crippen LogP contribution in [0.15, 0.2) is 48.5 Å². The minimum Gasteiger partial charge on any atom is -0.332 e. The third-order valence-electron chi connectivity index (χ3n) is 6.07. The topological polar surface area (TPSA) is 61.4 Å². The summed E-state index contributed by atoms with van der Waals surface area (Å²) in [6.45, 7) is 2.29. The molecular formula is C26H21F6N3O2S. The van der Waals surface area contributed by atoms with E-state index in [1.165, 1.54) is 17.0 Å². The first kappa shape index (κ1) is 27.4. The number of thiocarbonyl (C=S) groups is 1. The number of unbranched alkanes of at least 4 members (excludes halogenated alkanes) is 2. The third-order valence-corrected chi connectivity index (χ3v) is 6.27. The van der Waals surface area contributed by atoms with Gasteiger partial charge in [0.1, 0.15) is 0 Å². The Morgan fingerprint density at radius 3 is 2.03 bits per heavy atom. The number of carbonyl (C=O) groups excluding carboxylic acids is 2. The molecule has 0 aromatic heterocycles. The molecule has 4 rings (SSSR count). The van der Waals surface area contributed by atoms with Crippen LogP contribution in [0.3, 0.4) is 0 Å². The molecule has 3 aromatic carbocycles. The lowest BCUT2D eigenvalue weighted by Crippen LogP contribution is -2.40. The van der Waals surface area contributed by atoms with Gasteiger partial charge in [-0.25, -0.2) is 0 Å². The second-order valence-corrected chi connectivity index (χ2v) is 9.14. The lowest BCUT2D eigenvalue weighted by Gasteiger charge is -2.28. The summed E-state index contributed by atoms with van der Waals surface area (Å²) in [5.41, 5.74) is -2.56. The number of hydrogen-bond donors (Lipinski definition) is 2. The minimum absolute atomic E-state index is 0.0213. The van der Waals surface area contributed by atoms with Gasteiger partial charge in [-0.1, -0.05) is 31.9 Å². The molecule has 1 aliphatic rings. The summed E-state index contributed by atoms with van der Waals surface area (Å²) in [6, 6.07) is 8.92.